The van der Waals surface area contributed by atoms with Crippen LogP contribution in [-0.2, 0) is 4.89 Å². The van der Waals surface area contributed by atoms with E-state index in [0.29, 0.717) is 0 Å². The monoisotopic (exact) mass is 270 g/mol. The Hall–Kier alpha value is -0.0800. The van der Waals surface area contributed by atoms with Crippen LogP contribution in [0.15, 0.2) is 0 Å². The SMILES string of the molecule is CC1(C)CC(C)(C(C)(C)C)CC(OO)(C(C)(C)C)C1. The average molecular weight is 270 g/mol. The van der Waals surface area contributed by atoms with E-state index in [1.54, 1.807) is 0 Å². The molecule has 2 nitrogen and oxygen atoms in total. The van der Waals surface area contributed by atoms with Gasteiger partial charge in [0.05, 0.1) is 0 Å². The Labute approximate surface area is 119 Å². The molecule has 0 aromatic rings. The third-order valence-electron chi connectivity index (χ3n) is 5.66. The van der Waals surface area contributed by atoms with Crippen molar-refractivity contribution in [3.8, 4) is 0 Å². The molecule has 0 aromatic heterocycles. The van der Waals surface area contributed by atoms with Crippen LogP contribution in [0.3, 0.4) is 0 Å². The maximum atomic E-state index is 9.71. The summed E-state index contributed by atoms with van der Waals surface area (Å²) in [7, 11) is 0. The van der Waals surface area contributed by atoms with E-state index in [0.717, 1.165) is 12.8 Å². The molecule has 2 heteroatoms. The van der Waals surface area contributed by atoms with Crippen molar-refractivity contribution in [3.05, 3.63) is 0 Å². The molecular weight excluding hydrogens is 236 g/mol. The zero-order chi connectivity index (χ0) is 15.3. The molecule has 0 aromatic carbocycles. The molecule has 1 aliphatic carbocycles. The quantitative estimate of drug-likeness (QED) is 0.502. The molecule has 2 unspecified atom stereocenters. The van der Waals surface area contributed by atoms with Crippen LogP contribution in [-0.4, -0.2) is 10.9 Å². The van der Waals surface area contributed by atoms with Crippen LogP contribution in [0.1, 0.15) is 81.6 Å². The lowest BCUT2D eigenvalue weighted by Gasteiger charge is -2.60. The Kier molecular flexibility index (Phi) is 3.98. The number of rotatable bonds is 1. The minimum atomic E-state index is -0.462. The second-order valence-corrected chi connectivity index (χ2v) is 9.84. The number of hydrogen-bond acceptors (Lipinski definition) is 2. The molecule has 1 fully saturated rings. The molecule has 0 heterocycles. The molecule has 1 N–H and O–H groups in total. The molecule has 2 atom stereocenters. The Bertz CT molecular complexity index is 332. The van der Waals surface area contributed by atoms with E-state index in [1.807, 2.05) is 0 Å². The van der Waals surface area contributed by atoms with E-state index in [4.69, 9.17) is 4.89 Å². The summed E-state index contributed by atoms with van der Waals surface area (Å²) in [6.45, 7) is 20.4. The average Bonchev–Trinajstić information content (AvgIpc) is 2.10. The lowest BCUT2D eigenvalue weighted by atomic mass is 9.48. The van der Waals surface area contributed by atoms with Gasteiger partial charge in [0.1, 0.15) is 5.60 Å². The smallest absolute Gasteiger partial charge is 0.109 e. The van der Waals surface area contributed by atoms with Gasteiger partial charge in [-0.2, -0.15) is 0 Å². The Balaban J connectivity index is 3.31. The first-order valence-corrected chi connectivity index (χ1v) is 7.51. The third-order valence-corrected chi connectivity index (χ3v) is 5.66. The molecule has 1 rings (SSSR count). The Morgan fingerprint density at radius 3 is 1.58 bits per heavy atom. The van der Waals surface area contributed by atoms with Gasteiger partial charge < -0.3 is 0 Å². The van der Waals surface area contributed by atoms with Gasteiger partial charge in [-0.15, -0.1) is 0 Å². The molecule has 1 saturated carbocycles. The zero-order valence-corrected chi connectivity index (χ0v) is 14.5. The summed E-state index contributed by atoms with van der Waals surface area (Å²) in [5, 5.41) is 9.71. The van der Waals surface area contributed by atoms with Gasteiger partial charge in [-0.3, -0.25) is 5.26 Å². The molecule has 0 saturated heterocycles. The highest BCUT2D eigenvalue weighted by Gasteiger charge is 2.58. The molecule has 0 bridgehead atoms. The van der Waals surface area contributed by atoms with Gasteiger partial charge in [0.15, 0.2) is 0 Å². The Morgan fingerprint density at radius 2 is 1.26 bits per heavy atom. The first kappa shape index (κ1) is 17.0. The number of hydrogen-bond donors (Lipinski definition) is 1. The first-order chi connectivity index (χ1) is 8.18. The molecule has 0 aliphatic heterocycles. The molecule has 19 heavy (non-hydrogen) atoms. The van der Waals surface area contributed by atoms with Crippen LogP contribution < -0.4 is 0 Å². The van der Waals surface area contributed by atoms with E-state index >= 15 is 0 Å². The van der Waals surface area contributed by atoms with E-state index in [-0.39, 0.29) is 21.7 Å². The van der Waals surface area contributed by atoms with Crippen LogP contribution >= 0.6 is 0 Å². The minimum absolute atomic E-state index is 0.0774. The maximum Gasteiger partial charge on any atom is 0.109 e. The lowest BCUT2D eigenvalue weighted by Crippen LogP contribution is -2.58. The molecule has 0 spiro atoms. The van der Waals surface area contributed by atoms with Gasteiger partial charge in [-0.1, -0.05) is 62.3 Å². The molecular formula is C17H34O2. The van der Waals surface area contributed by atoms with Crippen molar-refractivity contribution in [1.29, 1.82) is 0 Å². The summed E-state index contributed by atoms with van der Waals surface area (Å²) >= 11 is 0. The van der Waals surface area contributed by atoms with Crippen molar-refractivity contribution in [3.63, 3.8) is 0 Å². The second kappa shape index (κ2) is 4.46. The van der Waals surface area contributed by atoms with Gasteiger partial charge in [0.2, 0.25) is 0 Å². The zero-order valence-electron chi connectivity index (χ0n) is 14.5. The van der Waals surface area contributed by atoms with E-state index < -0.39 is 5.60 Å². The topological polar surface area (TPSA) is 29.5 Å². The van der Waals surface area contributed by atoms with Gasteiger partial charge in [-0.25, -0.2) is 4.89 Å². The fraction of sp³-hybridized carbons (Fsp3) is 1.00. The fourth-order valence-electron chi connectivity index (χ4n) is 3.91. The van der Waals surface area contributed by atoms with Gasteiger partial charge >= 0.3 is 0 Å². The predicted molar refractivity (Wildman–Crippen MR) is 81.1 cm³/mol. The molecule has 1 aliphatic rings. The normalized spacial score (nSPS) is 36.3. The van der Waals surface area contributed by atoms with Crippen LogP contribution in [0.25, 0.3) is 0 Å². The van der Waals surface area contributed by atoms with E-state index in [1.165, 1.54) is 6.42 Å². The van der Waals surface area contributed by atoms with Crippen molar-refractivity contribution in [2.24, 2.45) is 21.7 Å². The van der Waals surface area contributed by atoms with Gasteiger partial charge in [0.25, 0.3) is 0 Å². The Morgan fingerprint density at radius 1 is 0.789 bits per heavy atom. The van der Waals surface area contributed by atoms with E-state index in [2.05, 4.69) is 62.3 Å². The van der Waals surface area contributed by atoms with Crippen LogP contribution in [0.5, 0.6) is 0 Å². The summed E-state index contributed by atoms with van der Waals surface area (Å²) in [6.07, 6.45) is 2.99. The van der Waals surface area contributed by atoms with E-state index in [9.17, 15) is 5.26 Å². The minimum Gasteiger partial charge on any atom is -0.251 e. The molecule has 114 valence electrons. The molecule has 0 amide bonds. The van der Waals surface area contributed by atoms with Crippen molar-refractivity contribution in [2.75, 3.05) is 0 Å². The maximum absolute atomic E-state index is 9.71. The lowest BCUT2D eigenvalue weighted by molar-refractivity contribution is -0.375. The van der Waals surface area contributed by atoms with Crippen LogP contribution in [0.2, 0.25) is 0 Å². The summed E-state index contributed by atoms with van der Waals surface area (Å²) in [4.78, 5) is 5.17. The highest BCUT2D eigenvalue weighted by atomic mass is 17.1. The van der Waals surface area contributed by atoms with Crippen molar-refractivity contribution in [1.82, 2.24) is 0 Å². The van der Waals surface area contributed by atoms with Crippen LogP contribution in [0, 0.1) is 21.7 Å². The first-order valence-electron chi connectivity index (χ1n) is 7.51. The van der Waals surface area contributed by atoms with Crippen molar-refractivity contribution < 1.29 is 10.1 Å². The summed E-state index contributed by atoms with van der Waals surface area (Å²) in [5.41, 5.74) is -0.0104. The summed E-state index contributed by atoms with van der Waals surface area (Å²) in [5.74, 6) is 0. The standard InChI is InChI=1S/C17H34O2/c1-13(2,3)16(9)10-15(7,8)11-17(12-16,19-18)14(4,5)6/h18H,10-12H2,1-9H3. The van der Waals surface area contributed by atoms with Crippen molar-refractivity contribution >= 4 is 0 Å². The fourth-order valence-corrected chi connectivity index (χ4v) is 3.91. The predicted octanol–water partition coefficient (Wildman–Crippen LogP) is 5.52. The highest BCUT2D eigenvalue weighted by molar-refractivity contribution is 5.07. The third kappa shape index (κ3) is 3.00. The summed E-state index contributed by atoms with van der Waals surface area (Å²) in [6, 6.07) is 0. The largest absolute Gasteiger partial charge is 0.251 e. The summed E-state index contributed by atoms with van der Waals surface area (Å²) < 4.78 is 0. The highest BCUT2D eigenvalue weighted by Crippen LogP contribution is 2.62. The van der Waals surface area contributed by atoms with Crippen molar-refractivity contribution in [2.45, 2.75) is 87.2 Å². The van der Waals surface area contributed by atoms with Gasteiger partial charge in [-0.05, 0) is 40.9 Å². The van der Waals surface area contributed by atoms with Gasteiger partial charge in [0, 0.05) is 0 Å². The second-order valence-electron chi connectivity index (χ2n) is 9.84. The van der Waals surface area contributed by atoms with Crippen LogP contribution in [0.4, 0.5) is 0 Å². The molecule has 0 radical (unpaired) electrons.